The van der Waals surface area contributed by atoms with Crippen LogP contribution in [0.1, 0.15) is 0 Å². The summed E-state index contributed by atoms with van der Waals surface area (Å²) in [6.07, 6.45) is 0. The van der Waals surface area contributed by atoms with E-state index in [0.717, 1.165) is 38.0 Å². The number of para-hydroxylation sites is 4. The van der Waals surface area contributed by atoms with Crippen LogP contribution >= 0.6 is 7.92 Å². The summed E-state index contributed by atoms with van der Waals surface area (Å²) in [5.74, 6) is 0. The highest BCUT2D eigenvalue weighted by Gasteiger charge is 2.23. The van der Waals surface area contributed by atoms with Crippen molar-refractivity contribution in [3.05, 3.63) is 193 Å². The molecule has 0 saturated heterocycles. The first-order chi connectivity index (χ1) is 26.0. The van der Waals surface area contributed by atoms with Crippen LogP contribution in [0.25, 0.3) is 76.2 Å². The number of fused-ring (bicyclic) bond motifs is 8. The lowest BCUT2D eigenvalue weighted by atomic mass is 10.0. The molecular formula is C46H25N2O4P. The average Bonchev–Trinajstić information content (AvgIpc) is 3.21. The summed E-state index contributed by atoms with van der Waals surface area (Å²) in [6, 6.07) is 48.2. The number of hydrogen-bond donors (Lipinski definition) is 0. The van der Waals surface area contributed by atoms with Crippen molar-refractivity contribution in [3.63, 3.8) is 0 Å². The van der Waals surface area contributed by atoms with Gasteiger partial charge in [0.05, 0.1) is 33.1 Å². The Bertz CT molecular complexity index is 3390. The Balaban J connectivity index is 1.22. The van der Waals surface area contributed by atoms with E-state index in [1.54, 1.807) is 36.4 Å². The van der Waals surface area contributed by atoms with E-state index in [1.165, 1.54) is 0 Å². The highest BCUT2D eigenvalue weighted by Crippen LogP contribution is 2.36. The summed E-state index contributed by atoms with van der Waals surface area (Å²) in [5, 5.41) is 7.33. The summed E-state index contributed by atoms with van der Waals surface area (Å²) >= 11 is 0. The molecule has 0 spiro atoms. The summed E-state index contributed by atoms with van der Waals surface area (Å²) in [6.45, 7) is 0. The van der Waals surface area contributed by atoms with E-state index >= 15 is 0 Å². The predicted octanol–water partition coefficient (Wildman–Crippen LogP) is 7.19. The Morgan fingerprint density at radius 2 is 0.660 bits per heavy atom. The van der Waals surface area contributed by atoms with Gasteiger partial charge < -0.3 is 8.80 Å². The van der Waals surface area contributed by atoms with Crippen molar-refractivity contribution >= 4 is 100 Å². The first-order valence-corrected chi connectivity index (χ1v) is 18.7. The van der Waals surface area contributed by atoms with Crippen LogP contribution in [0.3, 0.4) is 0 Å². The molecule has 0 atom stereocenters. The fourth-order valence-corrected chi connectivity index (χ4v) is 10.8. The number of aromatic nitrogens is 2. The molecule has 0 fully saturated rings. The Labute approximate surface area is 300 Å². The maximum absolute atomic E-state index is 14.4. The molecule has 0 aliphatic heterocycles. The first-order valence-electron chi connectivity index (χ1n) is 17.4. The third kappa shape index (κ3) is 4.01. The molecule has 53 heavy (non-hydrogen) atoms. The van der Waals surface area contributed by atoms with Crippen molar-refractivity contribution in [1.29, 1.82) is 0 Å². The lowest BCUT2D eigenvalue weighted by Gasteiger charge is -2.22. The average molecular weight is 701 g/mol. The van der Waals surface area contributed by atoms with E-state index in [9.17, 15) is 19.2 Å². The second kappa shape index (κ2) is 10.9. The number of benzene rings is 7. The van der Waals surface area contributed by atoms with Gasteiger partial charge in [0.15, 0.2) is 21.7 Å². The number of hydrogen-bond acceptors (Lipinski definition) is 4. The Morgan fingerprint density at radius 1 is 0.302 bits per heavy atom. The molecule has 0 N–H and O–H groups in total. The van der Waals surface area contributed by atoms with Gasteiger partial charge in [-0.2, -0.15) is 0 Å². The van der Waals surface area contributed by atoms with Gasteiger partial charge >= 0.3 is 0 Å². The van der Waals surface area contributed by atoms with Crippen molar-refractivity contribution in [3.8, 4) is 0 Å². The summed E-state index contributed by atoms with van der Waals surface area (Å²) in [5.41, 5.74) is 3.79. The lowest BCUT2D eigenvalue weighted by Crippen LogP contribution is -2.23. The zero-order valence-corrected chi connectivity index (χ0v) is 28.8. The molecule has 7 aromatic carbocycles. The number of pyridine rings is 4. The van der Waals surface area contributed by atoms with Crippen LogP contribution in [0.5, 0.6) is 0 Å². The third-order valence-electron chi connectivity index (χ3n) is 10.7. The summed E-state index contributed by atoms with van der Waals surface area (Å²) in [4.78, 5) is 55.9. The standard InChI is InChI=1S/C46H25N2O4P/c49-43-29-12-4-6-18-37(29)47-39-22-20-27(24-35(39)45(51)33-16-8-14-31(43)41(33)47)53(26-10-2-1-3-11-26)28-21-23-40-36(25-28)46(52)34-17-9-15-32-42(34)48(40)38-19-7-5-13-30(38)44(32)50/h1-25H. The molecule has 6 nitrogen and oxygen atoms in total. The van der Waals surface area contributed by atoms with E-state index in [0.29, 0.717) is 54.1 Å². The van der Waals surface area contributed by atoms with Crippen molar-refractivity contribution < 1.29 is 0 Å². The van der Waals surface area contributed by atoms with Crippen LogP contribution in [0, 0.1) is 0 Å². The zero-order valence-electron chi connectivity index (χ0n) is 27.9. The largest absolute Gasteiger partial charge is 0.308 e. The highest BCUT2D eigenvalue weighted by molar-refractivity contribution is 7.79. The Morgan fingerprint density at radius 3 is 1.11 bits per heavy atom. The molecule has 248 valence electrons. The zero-order chi connectivity index (χ0) is 35.5. The minimum Gasteiger partial charge on any atom is -0.308 e. The van der Waals surface area contributed by atoms with Gasteiger partial charge in [-0.3, -0.25) is 19.2 Å². The van der Waals surface area contributed by atoms with E-state index in [4.69, 9.17) is 0 Å². The minimum absolute atomic E-state index is 0.0883. The van der Waals surface area contributed by atoms with Crippen LogP contribution in [0.4, 0.5) is 0 Å². The number of nitrogens with zero attached hydrogens (tertiary/aromatic N) is 2. The molecule has 11 rings (SSSR count). The second-order valence-corrected chi connectivity index (χ2v) is 15.7. The van der Waals surface area contributed by atoms with E-state index in [-0.39, 0.29) is 21.7 Å². The maximum Gasteiger partial charge on any atom is 0.197 e. The van der Waals surface area contributed by atoms with Gasteiger partial charge in [0.25, 0.3) is 0 Å². The molecule has 0 radical (unpaired) electrons. The van der Waals surface area contributed by atoms with Crippen LogP contribution in [-0.2, 0) is 0 Å². The molecule has 11 aromatic rings. The second-order valence-electron chi connectivity index (χ2n) is 13.5. The number of rotatable bonds is 3. The molecule has 0 unspecified atom stereocenters. The van der Waals surface area contributed by atoms with Gasteiger partial charge in [0.2, 0.25) is 0 Å². The summed E-state index contributed by atoms with van der Waals surface area (Å²) < 4.78 is 4.11. The fourth-order valence-electron chi connectivity index (χ4n) is 8.45. The van der Waals surface area contributed by atoms with Crippen molar-refractivity contribution in [1.82, 2.24) is 8.80 Å². The predicted molar refractivity (Wildman–Crippen MR) is 220 cm³/mol. The molecule has 0 aliphatic carbocycles. The smallest absolute Gasteiger partial charge is 0.197 e. The Hall–Kier alpha value is -6.75. The van der Waals surface area contributed by atoms with Gasteiger partial charge in [-0.25, -0.2) is 0 Å². The van der Waals surface area contributed by atoms with Crippen LogP contribution in [-0.4, -0.2) is 8.80 Å². The van der Waals surface area contributed by atoms with E-state index in [2.05, 4.69) is 33.1 Å². The van der Waals surface area contributed by atoms with Gasteiger partial charge in [0.1, 0.15) is 0 Å². The van der Waals surface area contributed by atoms with Gasteiger partial charge in [0, 0.05) is 43.1 Å². The molecule has 4 aromatic heterocycles. The maximum atomic E-state index is 14.4. The molecule has 0 saturated carbocycles. The van der Waals surface area contributed by atoms with Crippen LogP contribution < -0.4 is 37.6 Å². The molecular weight excluding hydrogens is 675 g/mol. The van der Waals surface area contributed by atoms with Crippen LogP contribution in [0.2, 0.25) is 0 Å². The topological polar surface area (TPSA) is 77.1 Å². The Kier molecular flexibility index (Phi) is 6.14. The van der Waals surface area contributed by atoms with Crippen molar-refractivity contribution in [2.24, 2.45) is 0 Å². The highest BCUT2D eigenvalue weighted by atomic mass is 31.1. The minimum atomic E-state index is -1.24. The molecule has 4 heterocycles. The van der Waals surface area contributed by atoms with E-state index in [1.807, 2.05) is 91.0 Å². The monoisotopic (exact) mass is 700 g/mol. The molecule has 0 amide bonds. The molecule has 0 bridgehead atoms. The lowest BCUT2D eigenvalue weighted by molar-refractivity contribution is 1.31. The van der Waals surface area contributed by atoms with Crippen LogP contribution in [0.15, 0.2) is 171 Å². The van der Waals surface area contributed by atoms with Gasteiger partial charge in [-0.15, -0.1) is 0 Å². The summed E-state index contributed by atoms with van der Waals surface area (Å²) in [7, 11) is -1.24. The molecule has 7 heteroatoms. The normalized spacial score (nSPS) is 12.2. The third-order valence-corrected chi connectivity index (χ3v) is 13.1. The SMILES string of the molecule is O=c1c2ccccc2n2c3ccc(P(c4ccccc4)c4ccc5c(c4)c(=O)c4cccc6c(=O)c7ccccc7n5c64)cc3c(=O)c3cccc1c32. The van der Waals surface area contributed by atoms with Gasteiger partial charge in [-0.1, -0.05) is 78.9 Å². The van der Waals surface area contributed by atoms with Gasteiger partial charge in [-0.05, 0) is 96.6 Å². The quantitative estimate of drug-likeness (QED) is 0.111. The van der Waals surface area contributed by atoms with Crippen molar-refractivity contribution in [2.45, 2.75) is 0 Å². The first kappa shape index (κ1) is 29.9. The fraction of sp³-hybridized carbons (Fsp3) is 0. The van der Waals surface area contributed by atoms with Crippen molar-refractivity contribution in [2.75, 3.05) is 0 Å². The van der Waals surface area contributed by atoms with E-state index < -0.39 is 7.92 Å². The molecule has 0 aliphatic rings.